The van der Waals surface area contributed by atoms with E-state index >= 15 is 0 Å². The van der Waals surface area contributed by atoms with Crippen molar-refractivity contribution in [2.24, 2.45) is 11.7 Å². The van der Waals surface area contributed by atoms with Crippen molar-refractivity contribution in [1.82, 2.24) is 15.2 Å². The van der Waals surface area contributed by atoms with Gasteiger partial charge < -0.3 is 16.0 Å². The van der Waals surface area contributed by atoms with Gasteiger partial charge >= 0.3 is 0 Å². The molecule has 1 aromatic heterocycles. The van der Waals surface area contributed by atoms with E-state index in [1.165, 1.54) is 13.0 Å². The molecule has 1 aromatic rings. The summed E-state index contributed by atoms with van der Waals surface area (Å²) in [6.07, 6.45) is 3.89. The predicted octanol–water partition coefficient (Wildman–Crippen LogP) is 0.612. The lowest BCUT2D eigenvalue weighted by Gasteiger charge is -2.11. The van der Waals surface area contributed by atoms with Crippen LogP contribution in [0.5, 0.6) is 0 Å². The average Bonchev–Trinajstić information content (AvgIpc) is 2.84. The lowest BCUT2D eigenvalue weighted by atomic mass is 10.1. The van der Waals surface area contributed by atoms with Gasteiger partial charge in [0.05, 0.1) is 0 Å². The minimum atomic E-state index is -0.110. The van der Waals surface area contributed by atoms with E-state index in [0.717, 1.165) is 18.5 Å². The molecule has 0 bridgehead atoms. The molecule has 0 aromatic carbocycles. The summed E-state index contributed by atoms with van der Waals surface area (Å²) in [5, 5.41) is 2.93. The molecule has 1 aliphatic heterocycles. The summed E-state index contributed by atoms with van der Waals surface area (Å²) in [5.74, 6) is 0.593. The Morgan fingerprint density at radius 3 is 3.16 bits per heavy atom. The lowest BCUT2D eigenvalue weighted by Crippen LogP contribution is -2.27. The van der Waals surface area contributed by atoms with Crippen molar-refractivity contribution >= 4 is 5.91 Å². The standard InChI is InChI=1S/C14H22N4O/c1-18-7-4-11(10-18)2-6-17-14(19)13-8-12(9-15)3-5-16-13/h3,5,8,11H,2,4,6-7,9-10,15H2,1H3,(H,17,19). The highest BCUT2D eigenvalue weighted by atomic mass is 16.1. The molecule has 1 unspecified atom stereocenters. The number of aromatic nitrogens is 1. The number of carbonyl (C=O) groups excluding carboxylic acids is 1. The topological polar surface area (TPSA) is 71.2 Å². The Bertz CT molecular complexity index is 435. The second kappa shape index (κ2) is 6.63. The van der Waals surface area contributed by atoms with Crippen LogP contribution in [0, 0.1) is 5.92 Å². The Hall–Kier alpha value is -1.46. The molecule has 0 spiro atoms. The smallest absolute Gasteiger partial charge is 0.269 e. The number of nitrogens with two attached hydrogens (primary N) is 1. The number of rotatable bonds is 5. The largest absolute Gasteiger partial charge is 0.351 e. The van der Waals surface area contributed by atoms with E-state index in [1.807, 2.05) is 6.07 Å². The number of amides is 1. The second-order valence-electron chi connectivity index (χ2n) is 5.21. The van der Waals surface area contributed by atoms with Crippen LogP contribution in [-0.2, 0) is 6.54 Å². The van der Waals surface area contributed by atoms with Crippen molar-refractivity contribution in [3.05, 3.63) is 29.6 Å². The molecule has 5 heteroatoms. The third-order valence-electron chi connectivity index (χ3n) is 3.62. The Morgan fingerprint density at radius 2 is 2.47 bits per heavy atom. The quantitative estimate of drug-likeness (QED) is 0.815. The monoisotopic (exact) mass is 262 g/mol. The van der Waals surface area contributed by atoms with Crippen LogP contribution in [-0.4, -0.2) is 42.5 Å². The summed E-state index contributed by atoms with van der Waals surface area (Å²) < 4.78 is 0. The van der Waals surface area contributed by atoms with Crippen LogP contribution >= 0.6 is 0 Å². The number of pyridine rings is 1. The van der Waals surface area contributed by atoms with Crippen LogP contribution in [0.2, 0.25) is 0 Å². The van der Waals surface area contributed by atoms with Gasteiger partial charge in [-0.1, -0.05) is 0 Å². The van der Waals surface area contributed by atoms with Gasteiger partial charge in [-0.25, -0.2) is 0 Å². The van der Waals surface area contributed by atoms with Crippen LogP contribution in [0.4, 0.5) is 0 Å². The van der Waals surface area contributed by atoms with Crippen LogP contribution in [0.1, 0.15) is 28.9 Å². The molecule has 0 radical (unpaired) electrons. The first-order valence-corrected chi connectivity index (χ1v) is 6.81. The Morgan fingerprint density at radius 1 is 1.63 bits per heavy atom. The molecule has 5 nitrogen and oxygen atoms in total. The van der Waals surface area contributed by atoms with E-state index in [4.69, 9.17) is 5.73 Å². The highest BCUT2D eigenvalue weighted by Gasteiger charge is 2.19. The Balaban J connectivity index is 1.77. The maximum absolute atomic E-state index is 11.9. The highest BCUT2D eigenvalue weighted by Crippen LogP contribution is 2.17. The van der Waals surface area contributed by atoms with Crippen LogP contribution in [0.25, 0.3) is 0 Å². The van der Waals surface area contributed by atoms with Gasteiger partial charge in [0.15, 0.2) is 0 Å². The summed E-state index contributed by atoms with van der Waals surface area (Å²) in [6, 6.07) is 3.57. The van der Waals surface area contributed by atoms with Gasteiger partial charge in [-0.05, 0) is 50.0 Å². The molecule has 1 atom stereocenters. The molecule has 3 N–H and O–H groups in total. The van der Waals surface area contributed by atoms with E-state index < -0.39 is 0 Å². The van der Waals surface area contributed by atoms with Crippen LogP contribution in [0.3, 0.4) is 0 Å². The van der Waals surface area contributed by atoms with Crippen molar-refractivity contribution in [3.63, 3.8) is 0 Å². The zero-order valence-electron chi connectivity index (χ0n) is 11.4. The van der Waals surface area contributed by atoms with E-state index in [1.54, 1.807) is 12.3 Å². The van der Waals surface area contributed by atoms with E-state index in [2.05, 4.69) is 22.2 Å². The molecule has 1 saturated heterocycles. The highest BCUT2D eigenvalue weighted by molar-refractivity contribution is 5.92. The summed E-state index contributed by atoms with van der Waals surface area (Å²) in [7, 11) is 2.14. The number of hydrogen-bond acceptors (Lipinski definition) is 4. The summed E-state index contributed by atoms with van der Waals surface area (Å²) in [4.78, 5) is 18.3. The third kappa shape index (κ3) is 4.01. The molecule has 2 heterocycles. The third-order valence-corrected chi connectivity index (χ3v) is 3.62. The summed E-state index contributed by atoms with van der Waals surface area (Å²) >= 11 is 0. The molecule has 19 heavy (non-hydrogen) atoms. The number of carbonyl (C=O) groups is 1. The van der Waals surface area contributed by atoms with Gasteiger partial charge in [-0.2, -0.15) is 0 Å². The van der Waals surface area contributed by atoms with Gasteiger partial charge in [0.25, 0.3) is 5.91 Å². The molecule has 2 rings (SSSR count). The number of nitrogens with zero attached hydrogens (tertiary/aromatic N) is 2. The van der Waals surface area contributed by atoms with E-state index in [9.17, 15) is 4.79 Å². The second-order valence-corrected chi connectivity index (χ2v) is 5.21. The maximum atomic E-state index is 11.9. The van der Waals surface area contributed by atoms with Crippen molar-refractivity contribution in [1.29, 1.82) is 0 Å². The first-order valence-electron chi connectivity index (χ1n) is 6.81. The zero-order chi connectivity index (χ0) is 13.7. The fourth-order valence-corrected chi connectivity index (χ4v) is 2.47. The number of nitrogens with one attached hydrogen (secondary N) is 1. The molecule has 104 valence electrons. The number of hydrogen-bond donors (Lipinski definition) is 2. The van der Waals surface area contributed by atoms with Crippen molar-refractivity contribution in [2.75, 3.05) is 26.7 Å². The predicted molar refractivity (Wildman–Crippen MR) is 74.7 cm³/mol. The summed E-state index contributed by atoms with van der Waals surface area (Å²) in [5.41, 5.74) is 6.93. The average molecular weight is 262 g/mol. The van der Waals surface area contributed by atoms with Gasteiger partial charge in [-0.3, -0.25) is 9.78 Å². The van der Waals surface area contributed by atoms with Gasteiger partial charge in [0, 0.05) is 25.8 Å². The normalized spacial score (nSPS) is 19.6. The summed E-state index contributed by atoms with van der Waals surface area (Å²) in [6.45, 7) is 3.44. The Kier molecular flexibility index (Phi) is 4.87. The lowest BCUT2D eigenvalue weighted by molar-refractivity contribution is 0.0946. The fraction of sp³-hybridized carbons (Fsp3) is 0.571. The molecule has 0 saturated carbocycles. The van der Waals surface area contributed by atoms with Crippen molar-refractivity contribution < 1.29 is 4.79 Å². The molecule has 1 fully saturated rings. The molecular weight excluding hydrogens is 240 g/mol. The van der Waals surface area contributed by atoms with Gasteiger partial charge in [-0.15, -0.1) is 0 Å². The SMILES string of the molecule is CN1CCC(CCNC(=O)c2cc(CN)ccn2)C1. The minimum Gasteiger partial charge on any atom is -0.351 e. The van der Waals surface area contributed by atoms with Gasteiger partial charge in [0.1, 0.15) is 5.69 Å². The first kappa shape index (κ1) is 14.0. The first-order chi connectivity index (χ1) is 9.19. The van der Waals surface area contributed by atoms with Crippen LogP contribution < -0.4 is 11.1 Å². The Labute approximate surface area is 114 Å². The minimum absolute atomic E-state index is 0.110. The zero-order valence-corrected chi connectivity index (χ0v) is 11.4. The maximum Gasteiger partial charge on any atom is 0.269 e. The van der Waals surface area contributed by atoms with Crippen molar-refractivity contribution in [3.8, 4) is 0 Å². The van der Waals surface area contributed by atoms with E-state index in [0.29, 0.717) is 24.7 Å². The molecular formula is C14H22N4O. The molecule has 1 amide bonds. The fourth-order valence-electron chi connectivity index (χ4n) is 2.47. The molecule has 1 aliphatic rings. The van der Waals surface area contributed by atoms with Crippen LogP contribution in [0.15, 0.2) is 18.3 Å². The molecule has 0 aliphatic carbocycles. The van der Waals surface area contributed by atoms with Gasteiger partial charge in [0.2, 0.25) is 0 Å². The van der Waals surface area contributed by atoms with E-state index in [-0.39, 0.29) is 5.91 Å². The van der Waals surface area contributed by atoms with Crippen molar-refractivity contribution in [2.45, 2.75) is 19.4 Å². The number of likely N-dealkylation sites (tertiary alicyclic amines) is 1.